The van der Waals surface area contributed by atoms with E-state index in [1.807, 2.05) is 0 Å². The summed E-state index contributed by atoms with van der Waals surface area (Å²) in [5, 5.41) is 23.1. The second kappa shape index (κ2) is 10.0. The van der Waals surface area contributed by atoms with Crippen molar-refractivity contribution in [1.29, 1.82) is 0 Å². The minimum Gasteiger partial charge on any atom is -0.480 e. The summed E-state index contributed by atoms with van der Waals surface area (Å²) in [6.07, 6.45) is -3.53. The van der Waals surface area contributed by atoms with Gasteiger partial charge in [0.25, 0.3) is 5.85 Å². The Labute approximate surface area is 214 Å². The Hall–Kier alpha value is -3.42. The van der Waals surface area contributed by atoms with E-state index >= 15 is 8.78 Å². The molecule has 1 aromatic heterocycles. The number of aliphatic hydroxyl groups is 1. The van der Waals surface area contributed by atoms with Crippen molar-refractivity contribution in [3.8, 4) is 5.75 Å². The Kier molecular flexibility index (Phi) is 7.30. The Bertz CT molecular complexity index is 1470. The van der Waals surface area contributed by atoms with Gasteiger partial charge in [0.1, 0.15) is 24.2 Å². The molecule has 38 heavy (non-hydrogen) atoms. The third-order valence-corrected chi connectivity index (χ3v) is 7.57. The van der Waals surface area contributed by atoms with Crippen LogP contribution in [0.15, 0.2) is 59.5 Å². The molecule has 0 spiro atoms. The number of carboxylic acids is 1. The molecule has 1 fully saturated rings. The number of nitrogens with one attached hydrogen (secondary N) is 1. The number of aliphatic hydroxyl groups excluding tert-OH is 1. The van der Waals surface area contributed by atoms with Crippen LogP contribution in [0.1, 0.15) is 20.1 Å². The number of carboxylic acid groups (broad SMARTS) is 1. The van der Waals surface area contributed by atoms with Gasteiger partial charge in [-0.1, -0.05) is 36.4 Å². The van der Waals surface area contributed by atoms with Crippen molar-refractivity contribution in [1.82, 2.24) is 14.6 Å². The molecule has 0 saturated carbocycles. The van der Waals surface area contributed by atoms with Gasteiger partial charge in [0.15, 0.2) is 18.0 Å². The van der Waals surface area contributed by atoms with E-state index in [2.05, 4.69) is 10.1 Å². The lowest BCUT2D eigenvalue weighted by molar-refractivity contribution is -0.203. The number of alkyl halides is 2. The summed E-state index contributed by atoms with van der Waals surface area (Å²) in [7, 11) is -4.71. The zero-order chi connectivity index (χ0) is 27.9. The van der Waals surface area contributed by atoms with E-state index in [4.69, 9.17) is 19.5 Å². The van der Waals surface area contributed by atoms with Gasteiger partial charge in [-0.15, -0.1) is 0 Å². The Morgan fingerprint density at radius 3 is 2.66 bits per heavy atom. The fourth-order valence-electron chi connectivity index (χ4n) is 3.93. The van der Waals surface area contributed by atoms with Crippen molar-refractivity contribution in [3.63, 3.8) is 0 Å². The second-order valence-corrected chi connectivity index (χ2v) is 10.6. The van der Waals surface area contributed by atoms with Gasteiger partial charge >= 0.3 is 19.4 Å². The summed E-state index contributed by atoms with van der Waals surface area (Å²) in [5.41, 5.74) is 1.47. The number of halogens is 2. The van der Waals surface area contributed by atoms with Gasteiger partial charge in [0.05, 0.1) is 0 Å². The van der Waals surface area contributed by atoms with E-state index < -0.39 is 55.9 Å². The van der Waals surface area contributed by atoms with E-state index in [0.29, 0.717) is 15.3 Å². The molecular weight excluding hydrogens is 529 g/mol. The molecule has 0 aliphatic carbocycles. The van der Waals surface area contributed by atoms with Crippen LogP contribution >= 0.6 is 7.75 Å². The average Bonchev–Trinajstić information content (AvgIpc) is 3.03. The fraction of sp³-hybridized carbons (Fsp3) is 0.348. The molecule has 0 amide bonds. The molecule has 5 N–H and O–H groups in total. The maximum Gasteiger partial charge on any atom is 0.459 e. The smallest absolute Gasteiger partial charge is 0.459 e. The van der Waals surface area contributed by atoms with Crippen molar-refractivity contribution in [3.05, 3.63) is 65.2 Å². The average molecular weight is 554 g/mol. The summed E-state index contributed by atoms with van der Waals surface area (Å²) in [6.45, 7) is 0.568. The molecule has 0 bridgehead atoms. The number of rotatable bonds is 9. The predicted octanol–water partition coefficient (Wildman–Crippen LogP) is 2.53. The number of nitrogens with zero attached hydrogens (tertiary/aromatic N) is 2. The number of benzene rings is 2. The van der Waals surface area contributed by atoms with Crippen LogP contribution in [0, 0.1) is 0 Å². The summed E-state index contributed by atoms with van der Waals surface area (Å²) in [4.78, 5) is 27.1. The summed E-state index contributed by atoms with van der Waals surface area (Å²) in [5.74, 6) is -4.93. The number of nitrogens with two attached hydrogens (primary N) is 1. The van der Waals surface area contributed by atoms with Gasteiger partial charge < -0.3 is 25.2 Å². The van der Waals surface area contributed by atoms with E-state index in [-0.39, 0.29) is 11.6 Å². The Balaban J connectivity index is 1.64. The molecule has 3 aromatic rings. The largest absolute Gasteiger partial charge is 0.480 e. The van der Waals surface area contributed by atoms with E-state index in [9.17, 15) is 24.4 Å². The first-order valence-electron chi connectivity index (χ1n) is 11.3. The predicted molar refractivity (Wildman–Crippen MR) is 131 cm³/mol. The third-order valence-electron chi connectivity index (χ3n) is 5.96. The van der Waals surface area contributed by atoms with Crippen LogP contribution < -0.4 is 21.0 Å². The highest BCUT2D eigenvalue weighted by molar-refractivity contribution is 7.52. The van der Waals surface area contributed by atoms with Crippen LogP contribution in [0.3, 0.4) is 0 Å². The molecule has 2 heterocycles. The van der Waals surface area contributed by atoms with E-state index in [0.717, 1.165) is 26.1 Å². The molecule has 6 atom stereocenters. The van der Waals surface area contributed by atoms with Crippen LogP contribution in [0.5, 0.6) is 5.75 Å². The number of aromatic nitrogens is 2. The molecule has 1 saturated heterocycles. The minimum absolute atomic E-state index is 0.0185. The molecule has 1 aliphatic rings. The molecule has 2 aromatic carbocycles. The summed E-state index contributed by atoms with van der Waals surface area (Å²) in [6, 6.07) is 11.3. The highest BCUT2D eigenvalue weighted by Crippen LogP contribution is 2.52. The molecule has 1 aliphatic heterocycles. The van der Waals surface area contributed by atoms with Gasteiger partial charge in [0.2, 0.25) is 0 Å². The quantitative estimate of drug-likeness (QED) is 0.286. The number of anilines is 1. The molecule has 1 unspecified atom stereocenters. The first-order chi connectivity index (χ1) is 17.8. The van der Waals surface area contributed by atoms with Crippen molar-refractivity contribution < 1.29 is 42.1 Å². The van der Waals surface area contributed by atoms with Gasteiger partial charge in [-0.3, -0.25) is 13.9 Å². The first kappa shape index (κ1) is 27.6. The van der Waals surface area contributed by atoms with Gasteiger partial charge in [-0.2, -0.15) is 10.1 Å². The van der Waals surface area contributed by atoms with Gasteiger partial charge in [-0.25, -0.2) is 18.1 Å². The minimum atomic E-state index is -4.71. The van der Waals surface area contributed by atoms with E-state index in [1.54, 1.807) is 36.4 Å². The number of ether oxygens (including phenoxy) is 1. The number of nitrogen functional groups attached to an aromatic ring is 1. The molecule has 0 radical (unpaired) electrons. The highest BCUT2D eigenvalue weighted by atomic mass is 31.2. The maximum absolute atomic E-state index is 15.8. The maximum atomic E-state index is 15.8. The lowest BCUT2D eigenvalue weighted by atomic mass is 9.97. The van der Waals surface area contributed by atoms with Crippen LogP contribution in [-0.4, -0.2) is 56.0 Å². The molecular formula is C23H25F2N4O8P. The zero-order valence-electron chi connectivity index (χ0n) is 20.2. The topological polar surface area (TPSA) is 175 Å². The zero-order valence-corrected chi connectivity index (χ0v) is 21.0. The Morgan fingerprint density at radius 2 is 1.97 bits per heavy atom. The first-order valence-corrected chi connectivity index (χ1v) is 12.8. The molecule has 204 valence electrons. The second-order valence-electron chi connectivity index (χ2n) is 8.88. The number of hydrogen-bond acceptors (Lipinski definition) is 9. The highest BCUT2D eigenvalue weighted by Gasteiger charge is 2.65. The van der Waals surface area contributed by atoms with Crippen LogP contribution in [0.2, 0.25) is 0 Å². The SMILES string of the molecule is CC(N[P@](=O)(OC[C@@]1(F)O[C@@H](n2ccc(N)nc2=O)[C@](C)(F)[C@@H]1O)Oc1cccc2ccccc12)C(=O)O. The van der Waals surface area contributed by atoms with Crippen molar-refractivity contribution in [2.75, 3.05) is 12.3 Å². The number of aliphatic carboxylic acids is 1. The normalized spacial score (nSPS) is 27.6. The standard InChI is InChI=1S/C23H25F2N4O8P/c1-13(18(30)31)28-38(34,37-16-9-5-7-14-6-3-4-8-15(14)16)35-12-23(25)19(32)22(2,24)20(36-23)29-11-10-17(26)27-21(29)33/h3-11,13,19-20,32H,12H2,1-2H3,(H,28,34)(H,30,31)(H2,26,27,33)/t13?,19-,20+,22+,23+,38-/m0/s1. The summed E-state index contributed by atoms with van der Waals surface area (Å²) >= 11 is 0. The lowest BCUT2D eigenvalue weighted by Gasteiger charge is -2.28. The van der Waals surface area contributed by atoms with Crippen molar-refractivity contribution >= 4 is 30.3 Å². The van der Waals surface area contributed by atoms with E-state index in [1.165, 1.54) is 6.07 Å². The van der Waals surface area contributed by atoms with Gasteiger partial charge in [0, 0.05) is 11.6 Å². The summed E-state index contributed by atoms with van der Waals surface area (Å²) < 4.78 is 61.5. The molecule has 4 rings (SSSR count). The Morgan fingerprint density at radius 1 is 1.29 bits per heavy atom. The number of carbonyl (C=O) groups is 1. The molecule has 12 nitrogen and oxygen atoms in total. The lowest BCUT2D eigenvalue weighted by Crippen LogP contribution is -2.47. The van der Waals surface area contributed by atoms with Crippen LogP contribution in [-0.2, 0) is 18.6 Å². The van der Waals surface area contributed by atoms with Crippen LogP contribution in [0.25, 0.3) is 10.8 Å². The van der Waals surface area contributed by atoms with Crippen molar-refractivity contribution in [2.24, 2.45) is 0 Å². The molecule has 15 heteroatoms. The fourth-order valence-corrected chi connectivity index (χ4v) is 5.46. The number of hydrogen-bond donors (Lipinski definition) is 4. The number of fused-ring (bicyclic) bond motifs is 1. The monoisotopic (exact) mass is 554 g/mol. The van der Waals surface area contributed by atoms with Gasteiger partial charge in [-0.05, 0) is 31.4 Å². The third kappa shape index (κ3) is 5.26. The van der Waals surface area contributed by atoms with Crippen LogP contribution in [0.4, 0.5) is 14.6 Å². The van der Waals surface area contributed by atoms with Crippen molar-refractivity contribution in [2.45, 2.75) is 43.7 Å².